The molecule has 5 nitrogen and oxygen atoms in total. The first-order valence-corrected chi connectivity index (χ1v) is 10.8. The van der Waals surface area contributed by atoms with Gasteiger partial charge in [0.2, 0.25) is 0 Å². The quantitative estimate of drug-likeness (QED) is 0.864. The summed E-state index contributed by atoms with van der Waals surface area (Å²) in [5.74, 6) is 0.922. The predicted octanol–water partition coefficient (Wildman–Crippen LogP) is 2.88. The van der Waals surface area contributed by atoms with Gasteiger partial charge in [0, 0.05) is 30.8 Å². The number of hydrogen-bond donors (Lipinski definition) is 1. The Balaban J connectivity index is 1.65. The molecule has 4 aliphatic rings. The fraction of sp³-hybridized carbons (Fsp3) is 0.739. The molecule has 1 saturated carbocycles. The molecule has 3 atom stereocenters. The summed E-state index contributed by atoms with van der Waals surface area (Å²) >= 11 is 0. The summed E-state index contributed by atoms with van der Waals surface area (Å²) in [5.41, 5.74) is 1.52. The Hall–Kier alpha value is -1.14. The summed E-state index contributed by atoms with van der Waals surface area (Å²) in [4.78, 5) is 2.55. The van der Waals surface area contributed by atoms with Gasteiger partial charge < -0.3 is 19.3 Å². The summed E-state index contributed by atoms with van der Waals surface area (Å²) in [6.07, 6.45) is 4.07. The Morgan fingerprint density at radius 2 is 2.00 bits per heavy atom. The molecule has 2 aliphatic heterocycles. The number of likely N-dealkylation sites (tertiary alicyclic amines) is 1. The van der Waals surface area contributed by atoms with Gasteiger partial charge in [0.05, 0.1) is 25.9 Å². The zero-order valence-corrected chi connectivity index (χ0v) is 17.4. The molecule has 2 saturated heterocycles. The number of fused-ring (bicyclic) bond motifs is 1. The van der Waals surface area contributed by atoms with Crippen LogP contribution in [-0.2, 0) is 21.3 Å². The van der Waals surface area contributed by atoms with Crippen molar-refractivity contribution >= 4 is 0 Å². The Labute approximate surface area is 168 Å². The number of piperidine rings is 1. The monoisotopic (exact) mass is 387 g/mol. The largest absolute Gasteiger partial charge is 0.497 e. The zero-order valence-electron chi connectivity index (χ0n) is 17.4. The number of hydrogen-bond acceptors (Lipinski definition) is 5. The van der Waals surface area contributed by atoms with Crippen molar-refractivity contribution in [3.8, 4) is 5.75 Å². The van der Waals surface area contributed by atoms with Gasteiger partial charge >= 0.3 is 0 Å². The van der Waals surface area contributed by atoms with E-state index < -0.39 is 11.4 Å². The number of nitrogens with zero attached hydrogens (tertiary/aromatic N) is 1. The van der Waals surface area contributed by atoms with E-state index in [-0.39, 0.29) is 11.5 Å². The highest BCUT2D eigenvalue weighted by molar-refractivity contribution is 5.49. The predicted molar refractivity (Wildman–Crippen MR) is 107 cm³/mol. The second kappa shape index (κ2) is 6.43. The van der Waals surface area contributed by atoms with Crippen molar-refractivity contribution in [2.45, 2.75) is 68.8 Å². The van der Waals surface area contributed by atoms with Crippen LogP contribution < -0.4 is 4.74 Å². The highest BCUT2D eigenvalue weighted by atomic mass is 16.7. The third-order valence-electron chi connectivity index (χ3n) is 7.76. The molecule has 28 heavy (non-hydrogen) atoms. The second-order valence-electron chi connectivity index (χ2n) is 9.67. The molecule has 2 aliphatic carbocycles. The maximum atomic E-state index is 12.3. The number of rotatable bonds is 3. The van der Waals surface area contributed by atoms with E-state index >= 15 is 0 Å². The maximum Gasteiger partial charge on any atom is 0.169 e. The number of ether oxygens (including phenoxy) is 3. The van der Waals surface area contributed by atoms with Crippen LogP contribution in [0.5, 0.6) is 5.75 Å². The van der Waals surface area contributed by atoms with Crippen LogP contribution in [0.15, 0.2) is 18.2 Å². The SMILES string of the molecule is COc1ccc2c(c1)C13CCN(CC(C)C)C(C2)C1(O)CCC1(C3)OCCO1. The van der Waals surface area contributed by atoms with Crippen LogP contribution in [-0.4, -0.2) is 60.8 Å². The Morgan fingerprint density at radius 3 is 2.71 bits per heavy atom. The number of benzene rings is 1. The van der Waals surface area contributed by atoms with Gasteiger partial charge in [0.15, 0.2) is 5.79 Å². The minimum atomic E-state index is -0.750. The molecule has 0 amide bonds. The molecule has 2 bridgehead atoms. The van der Waals surface area contributed by atoms with E-state index in [0.29, 0.717) is 19.1 Å². The van der Waals surface area contributed by atoms with Gasteiger partial charge in [-0.3, -0.25) is 4.90 Å². The van der Waals surface area contributed by atoms with E-state index in [9.17, 15) is 5.11 Å². The fourth-order valence-electron chi connectivity index (χ4n) is 6.61. The standard InChI is InChI=1S/C23H33NO4/c1-16(2)14-24-9-8-21-15-22(27-10-11-28-22)6-7-23(21,25)20(24)12-17-4-5-18(26-3)13-19(17)21/h4-5,13,16,20,25H,6-12,14-15H2,1-3H3. The van der Waals surface area contributed by atoms with Crippen molar-refractivity contribution < 1.29 is 19.3 Å². The van der Waals surface area contributed by atoms with E-state index in [1.807, 2.05) is 0 Å². The second-order valence-corrected chi connectivity index (χ2v) is 9.67. The van der Waals surface area contributed by atoms with Gasteiger partial charge in [-0.1, -0.05) is 19.9 Å². The molecule has 0 radical (unpaired) electrons. The summed E-state index contributed by atoms with van der Waals surface area (Å²) < 4.78 is 17.9. The average molecular weight is 388 g/mol. The van der Waals surface area contributed by atoms with Crippen molar-refractivity contribution in [3.63, 3.8) is 0 Å². The minimum absolute atomic E-state index is 0.156. The van der Waals surface area contributed by atoms with E-state index in [1.54, 1.807) is 7.11 Å². The van der Waals surface area contributed by atoms with Crippen LogP contribution in [0.25, 0.3) is 0 Å². The van der Waals surface area contributed by atoms with Crippen molar-refractivity contribution in [3.05, 3.63) is 29.3 Å². The lowest BCUT2D eigenvalue weighted by atomic mass is 9.48. The molecule has 1 spiro atoms. The molecule has 1 aromatic rings. The highest BCUT2D eigenvalue weighted by Crippen LogP contribution is 2.61. The molecular formula is C23H33NO4. The Bertz CT molecular complexity index is 759. The lowest BCUT2D eigenvalue weighted by molar-refractivity contribution is -0.259. The summed E-state index contributed by atoms with van der Waals surface area (Å²) in [5, 5.41) is 12.3. The molecule has 0 aromatic heterocycles. The lowest BCUT2D eigenvalue weighted by Gasteiger charge is -2.65. The number of aliphatic hydroxyl groups is 1. The average Bonchev–Trinajstić information content (AvgIpc) is 3.12. The van der Waals surface area contributed by atoms with E-state index in [1.165, 1.54) is 11.1 Å². The van der Waals surface area contributed by atoms with Crippen LogP contribution in [0.2, 0.25) is 0 Å². The van der Waals surface area contributed by atoms with Gasteiger partial charge in [-0.2, -0.15) is 0 Å². The van der Waals surface area contributed by atoms with Crippen LogP contribution in [0.1, 0.15) is 50.7 Å². The third kappa shape index (κ3) is 2.53. The van der Waals surface area contributed by atoms with Crippen LogP contribution >= 0.6 is 0 Å². The highest BCUT2D eigenvalue weighted by Gasteiger charge is 2.68. The molecule has 1 N–H and O–H groups in total. The summed E-state index contributed by atoms with van der Waals surface area (Å²) in [7, 11) is 1.72. The van der Waals surface area contributed by atoms with E-state index in [0.717, 1.165) is 50.9 Å². The molecule has 2 heterocycles. The first-order valence-electron chi connectivity index (χ1n) is 10.8. The first kappa shape index (κ1) is 18.9. The van der Waals surface area contributed by atoms with Gasteiger partial charge in [-0.15, -0.1) is 0 Å². The maximum absolute atomic E-state index is 12.3. The fourth-order valence-corrected chi connectivity index (χ4v) is 6.61. The molecule has 154 valence electrons. The lowest BCUT2D eigenvalue weighted by Crippen LogP contribution is -2.75. The van der Waals surface area contributed by atoms with Gasteiger partial charge in [-0.25, -0.2) is 0 Å². The van der Waals surface area contributed by atoms with Crippen molar-refractivity contribution in [2.24, 2.45) is 5.92 Å². The Morgan fingerprint density at radius 1 is 1.21 bits per heavy atom. The van der Waals surface area contributed by atoms with Gasteiger partial charge in [-0.05, 0) is 55.0 Å². The van der Waals surface area contributed by atoms with Crippen molar-refractivity contribution in [1.29, 1.82) is 0 Å². The zero-order chi connectivity index (χ0) is 19.6. The molecule has 3 fully saturated rings. The van der Waals surface area contributed by atoms with Crippen molar-refractivity contribution in [2.75, 3.05) is 33.4 Å². The number of methoxy groups -OCH3 is 1. The molecule has 5 rings (SSSR count). The summed E-state index contributed by atoms with van der Waals surface area (Å²) in [6, 6.07) is 6.59. The van der Waals surface area contributed by atoms with E-state index in [4.69, 9.17) is 14.2 Å². The van der Waals surface area contributed by atoms with Gasteiger partial charge in [0.25, 0.3) is 0 Å². The topological polar surface area (TPSA) is 51.2 Å². The first-order chi connectivity index (χ1) is 13.4. The third-order valence-corrected chi connectivity index (χ3v) is 7.76. The molecule has 3 unspecified atom stereocenters. The normalized spacial score (nSPS) is 36.4. The molecule has 5 heteroatoms. The minimum Gasteiger partial charge on any atom is -0.497 e. The van der Waals surface area contributed by atoms with E-state index in [2.05, 4.69) is 36.9 Å². The summed E-state index contributed by atoms with van der Waals surface area (Å²) in [6.45, 7) is 7.89. The molecule has 1 aromatic carbocycles. The van der Waals surface area contributed by atoms with Crippen LogP contribution in [0.3, 0.4) is 0 Å². The molecular weight excluding hydrogens is 354 g/mol. The van der Waals surface area contributed by atoms with Crippen molar-refractivity contribution in [1.82, 2.24) is 4.90 Å². The Kier molecular flexibility index (Phi) is 4.33. The smallest absolute Gasteiger partial charge is 0.169 e. The van der Waals surface area contributed by atoms with Crippen LogP contribution in [0.4, 0.5) is 0 Å². The van der Waals surface area contributed by atoms with Crippen LogP contribution in [0, 0.1) is 5.92 Å². The van der Waals surface area contributed by atoms with Gasteiger partial charge in [0.1, 0.15) is 5.75 Å².